The van der Waals surface area contributed by atoms with Crippen molar-refractivity contribution in [2.24, 2.45) is 5.92 Å². The summed E-state index contributed by atoms with van der Waals surface area (Å²) < 4.78 is 0. The third kappa shape index (κ3) is 3.83. The van der Waals surface area contributed by atoms with Crippen LogP contribution in [0.1, 0.15) is 49.9 Å². The van der Waals surface area contributed by atoms with E-state index in [-0.39, 0.29) is 31.1 Å². The van der Waals surface area contributed by atoms with Crippen molar-refractivity contribution in [2.45, 2.75) is 45.1 Å². The molecule has 2 rings (SSSR count). The summed E-state index contributed by atoms with van der Waals surface area (Å²) in [7, 11) is 0. The number of rotatable bonds is 9. The van der Waals surface area contributed by atoms with E-state index in [1.54, 1.807) is 6.07 Å². The first-order valence-electron chi connectivity index (χ1n) is 9.08. The molecule has 0 saturated carbocycles. The molecule has 1 amide bonds. The summed E-state index contributed by atoms with van der Waals surface area (Å²) in [6, 6.07) is 4.51. The first kappa shape index (κ1) is 20.2. The van der Waals surface area contributed by atoms with Crippen LogP contribution in [-0.2, 0) is 4.79 Å². The molecule has 0 spiro atoms. The number of hydrogen-bond acceptors (Lipinski definition) is 5. The molecular weight excluding hydrogens is 336 g/mol. The normalized spacial score (nSPS) is 16.3. The molecule has 0 aliphatic carbocycles. The van der Waals surface area contributed by atoms with Crippen molar-refractivity contribution in [1.82, 2.24) is 0 Å². The van der Waals surface area contributed by atoms with Gasteiger partial charge in [0.2, 0.25) is 5.91 Å². The zero-order valence-electron chi connectivity index (χ0n) is 15.4. The number of aromatic carboxylic acids is 1. The van der Waals surface area contributed by atoms with Gasteiger partial charge in [-0.25, -0.2) is 4.79 Å². The van der Waals surface area contributed by atoms with Gasteiger partial charge in [0.15, 0.2) is 0 Å². The van der Waals surface area contributed by atoms with Crippen LogP contribution >= 0.6 is 0 Å². The van der Waals surface area contributed by atoms with Gasteiger partial charge in [-0.3, -0.25) is 9.69 Å². The van der Waals surface area contributed by atoms with Crippen LogP contribution in [0, 0.1) is 5.92 Å². The number of carbonyl (C=O) groups is 2. The molecule has 1 aliphatic heterocycles. The lowest BCUT2D eigenvalue weighted by atomic mass is 9.97. The third-order valence-electron chi connectivity index (χ3n) is 5.34. The van der Waals surface area contributed by atoms with E-state index in [2.05, 4.69) is 19.2 Å². The number of amides is 1. The van der Waals surface area contributed by atoms with E-state index in [1.807, 2.05) is 0 Å². The van der Waals surface area contributed by atoms with Gasteiger partial charge in [0.1, 0.15) is 0 Å². The number of carbonyl (C=O) groups excluding carboxylic acids is 1. The largest absolute Gasteiger partial charge is 0.478 e. The number of carboxylic acid groups (broad SMARTS) is 1. The molecule has 1 saturated heterocycles. The topological polar surface area (TPSA) is 110 Å². The molecule has 7 heteroatoms. The molecule has 0 unspecified atom stereocenters. The number of aliphatic hydroxyl groups is 2. The van der Waals surface area contributed by atoms with Gasteiger partial charge in [0.05, 0.1) is 35.7 Å². The Labute approximate surface area is 153 Å². The van der Waals surface area contributed by atoms with Gasteiger partial charge in [-0.15, -0.1) is 0 Å². The Morgan fingerprint density at radius 2 is 1.92 bits per heavy atom. The molecule has 0 radical (unpaired) electrons. The third-order valence-corrected chi connectivity index (χ3v) is 5.34. The van der Waals surface area contributed by atoms with Gasteiger partial charge in [0, 0.05) is 13.0 Å². The summed E-state index contributed by atoms with van der Waals surface area (Å²) >= 11 is 0. The van der Waals surface area contributed by atoms with Crippen LogP contribution < -0.4 is 10.2 Å². The Bertz CT molecular complexity index is 653. The van der Waals surface area contributed by atoms with E-state index in [4.69, 9.17) is 0 Å². The Morgan fingerprint density at radius 3 is 2.46 bits per heavy atom. The van der Waals surface area contributed by atoms with E-state index in [9.17, 15) is 24.9 Å². The molecule has 4 N–H and O–H groups in total. The van der Waals surface area contributed by atoms with E-state index in [0.29, 0.717) is 30.3 Å². The summed E-state index contributed by atoms with van der Waals surface area (Å²) in [5.74, 6) is -0.821. The molecule has 7 nitrogen and oxygen atoms in total. The average Bonchev–Trinajstić information content (AvgIpc) is 2.99. The number of carboxylic acids is 1. The van der Waals surface area contributed by atoms with Crippen molar-refractivity contribution in [2.75, 3.05) is 30.0 Å². The van der Waals surface area contributed by atoms with Crippen molar-refractivity contribution < 1.29 is 24.9 Å². The minimum absolute atomic E-state index is 0.117. The molecule has 0 bridgehead atoms. The zero-order chi connectivity index (χ0) is 19.3. The summed E-state index contributed by atoms with van der Waals surface area (Å²) in [6.45, 7) is 4.12. The van der Waals surface area contributed by atoms with Gasteiger partial charge in [-0.05, 0) is 30.5 Å². The molecule has 1 heterocycles. The van der Waals surface area contributed by atoms with Crippen LogP contribution in [0.4, 0.5) is 11.4 Å². The van der Waals surface area contributed by atoms with E-state index in [1.165, 1.54) is 17.0 Å². The summed E-state index contributed by atoms with van der Waals surface area (Å²) in [5, 5.41) is 32.2. The van der Waals surface area contributed by atoms with Crippen molar-refractivity contribution in [1.29, 1.82) is 0 Å². The Hall–Kier alpha value is -2.12. The van der Waals surface area contributed by atoms with Crippen LogP contribution in [0.5, 0.6) is 0 Å². The van der Waals surface area contributed by atoms with E-state index in [0.717, 1.165) is 12.8 Å². The Kier molecular flexibility index (Phi) is 6.61. The van der Waals surface area contributed by atoms with Crippen LogP contribution in [-0.4, -0.2) is 52.5 Å². The monoisotopic (exact) mass is 364 g/mol. The highest BCUT2D eigenvalue weighted by Crippen LogP contribution is 2.39. The summed E-state index contributed by atoms with van der Waals surface area (Å²) in [6.07, 6.45) is 2.55. The van der Waals surface area contributed by atoms with Gasteiger partial charge in [-0.2, -0.15) is 0 Å². The SMILES string of the molecule is CCC(CC)CNc1cc(C(=O)O)ccc1N1C(=O)CCC1(CO)CO. The maximum atomic E-state index is 12.5. The molecule has 26 heavy (non-hydrogen) atoms. The van der Waals surface area contributed by atoms with Gasteiger partial charge >= 0.3 is 5.97 Å². The smallest absolute Gasteiger partial charge is 0.335 e. The number of anilines is 2. The fourth-order valence-electron chi connectivity index (χ4n) is 3.40. The molecule has 0 aromatic heterocycles. The minimum Gasteiger partial charge on any atom is -0.478 e. The molecule has 1 aromatic rings. The first-order valence-corrected chi connectivity index (χ1v) is 9.08. The van der Waals surface area contributed by atoms with Crippen LogP contribution in [0.25, 0.3) is 0 Å². The standard InChI is InChI=1S/C19H28N2O5/c1-3-13(4-2)10-20-15-9-14(18(25)26)5-6-16(15)21-17(24)7-8-19(21,11-22)12-23/h5-6,9,13,20,22-23H,3-4,7-8,10-12H2,1-2H3,(H,25,26). The first-order chi connectivity index (χ1) is 12.4. The number of nitrogens with zero attached hydrogens (tertiary/aromatic N) is 1. The number of hydrogen-bond donors (Lipinski definition) is 4. The maximum Gasteiger partial charge on any atom is 0.335 e. The summed E-state index contributed by atoms with van der Waals surface area (Å²) in [4.78, 5) is 25.3. The predicted molar refractivity (Wildman–Crippen MR) is 99.6 cm³/mol. The van der Waals surface area contributed by atoms with Gasteiger partial charge in [-0.1, -0.05) is 26.7 Å². The molecule has 1 aliphatic rings. The second kappa shape index (κ2) is 8.51. The van der Waals surface area contributed by atoms with Crippen LogP contribution in [0.2, 0.25) is 0 Å². The fourth-order valence-corrected chi connectivity index (χ4v) is 3.40. The van der Waals surface area contributed by atoms with E-state index < -0.39 is 11.5 Å². The Morgan fingerprint density at radius 1 is 1.27 bits per heavy atom. The highest BCUT2D eigenvalue weighted by Gasteiger charge is 2.46. The summed E-state index contributed by atoms with van der Waals surface area (Å²) in [5.41, 5.74) is 0.0728. The quantitative estimate of drug-likeness (QED) is 0.534. The molecular formula is C19H28N2O5. The van der Waals surface area contributed by atoms with Crippen molar-refractivity contribution in [3.05, 3.63) is 23.8 Å². The average molecular weight is 364 g/mol. The molecule has 144 valence electrons. The molecule has 0 atom stereocenters. The second-order valence-corrected chi connectivity index (χ2v) is 6.87. The number of aliphatic hydroxyl groups excluding tert-OH is 2. The zero-order valence-corrected chi connectivity index (χ0v) is 15.4. The van der Waals surface area contributed by atoms with Crippen molar-refractivity contribution in [3.63, 3.8) is 0 Å². The van der Waals surface area contributed by atoms with Crippen molar-refractivity contribution >= 4 is 23.3 Å². The lowest BCUT2D eigenvalue weighted by molar-refractivity contribution is -0.117. The van der Waals surface area contributed by atoms with E-state index >= 15 is 0 Å². The second-order valence-electron chi connectivity index (χ2n) is 6.87. The van der Waals surface area contributed by atoms with Gasteiger partial charge in [0.25, 0.3) is 0 Å². The lowest BCUT2D eigenvalue weighted by Gasteiger charge is -2.36. The van der Waals surface area contributed by atoms with Crippen LogP contribution in [0.3, 0.4) is 0 Å². The fraction of sp³-hybridized carbons (Fsp3) is 0.579. The minimum atomic E-state index is -1.06. The molecule has 1 aromatic carbocycles. The van der Waals surface area contributed by atoms with Gasteiger partial charge < -0.3 is 20.6 Å². The number of nitrogens with one attached hydrogen (secondary N) is 1. The lowest BCUT2D eigenvalue weighted by Crippen LogP contribution is -2.52. The molecule has 1 fully saturated rings. The van der Waals surface area contributed by atoms with Crippen molar-refractivity contribution in [3.8, 4) is 0 Å². The highest BCUT2D eigenvalue weighted by molar-refractivity contribution is 6.01. The Balaban J connectivity index is 2.45. The number of benzene rings is 1. The maximum absolute atomic E-state index is 12.5. The van der Waals surface area contributed by atoms with Crippen LogP contribution in [0.15, 0.2) is 18.2 Å². The highest BCUT2D eigenvalue weighted by atomic mass is 16.4. The predicted octanol–water partition coefficient (Wildman–Crippen LogP) is 2.08.